The van der Waals surface area contributed by atoms with Crippen molar-refractivity contribution in [1.82, 2.24) is 20.2 Å². The summed E-state index contributed by atoms with van der Waals surface area (Å²) in [6, 6.07) is 0.241. The summed E-state index contributed by atoms with van der Waals surface area (Å²) in [4.78, 5) is 22.1. The highest BCUT2D eigenvalue weighted by atomic mass is 16.1. The Hall–Kier alpha value is -1.95. The number of hydrogen-bond acceptors (Lipinski definition) is 5. The summed E-state index contributed by atoms with van der Waals surface area (Å²) in [6.45, 7) is 5.36. The van der Waals surface area contributed by atoms with Crippen LogP contribution >= 0.6 is 0 Å². The molecule has 2 heterocycles. The number of likely N-dealkylation sites (tertiary alicyclic amines) is 1. The van der Waals surface area contributed by atoms with E-state index in [-0.39, 0.29) is 17.9 Å². The number of nitrogens with one attached hydrogen (secondary N) is 1. The van der Waals surface area contributed by atoms with Crippen molar-refractivity contribution in [2.45, 2.75) is 32.2 Å². The molecule has 0 spiro atoms. The maximum Gasteiger partial charge on any atom is 0.244 e. The lowest BCUT2D eigenvalue weighted by molar-refractivity contribution is -0.117. The average molecular weight is 289 g/mol. The van der Waals surface area contributed by atoms with Crippen molar-refractivity contribution < 1.29 is 4.79 Å². The molecular formula is C15H23N5O. The molecular weight excluding hydrogens is 266 g/mol. The minimum absolute atomic E-state index is 0.0739. The highest BCUT2D eigenvalue weighted by molar-refractivity contribution is 5.91. The number of carbonyl (C=O) groups is 1. The molecule has 0 radical (unpaired) electrons. The second kappa shape index (κ2) is 7.73. The van der Waals surface area contributed by atoms with Crippen LogP contribution in [0.4, 0.5) is 5.95 Å². The van der Waals surface area contributed by atoms with Crippen LogP contribution in [0, 0.1) is 0 Å². The Labute approximate surface area is 125 Å². The van der Waals surface area contributed by atoms with Crippen LogP contribution in [0.1, 0.15) is 31.7 Å². The fourth-order valence-electron chi connectivity index (χ4n) is 2.55. The molecule has 6 nitrogen and oxygen atoms in total. The van der Waals surface area contributed by atoms with Crippen LogP contribution in [-0.4, -0.2) is 46.5 Å². The van der Waals surface area contributed by atoms with Gasteiger partial charge in [0.25, 0.3) is 0 Å². The Morgan fingerprint density at radius 3 is 3.00 bits per heavy atom. The van der Waals surface area contributed by atoms with Crippen molar-refractivity contribution >= 4 is 17.9 Å². The standard InChI is InChI=1S/C15H23N5O/c1-2-7-20-8-3-4-13(11-20)19-14(21)6-5-12-9-17-15(16)18-10-12/h5-6,9-10,13H,2-4,7-8,11H2,1H3,(H,19,21)(H2,16,17,18). The van der Waals surface area contributed by atoms with E-state index in [0.29, 0.717) is 0 Å². The van der Waals surface area contributed by atoms with Crippen LogP contribution in [0.3, 0.4) is 0 Å². The fourth-order valence-corrected chi connectivity index (χ4v) is 2.55. The van der Waals surface area contributed by atoms with E-state index in [0.717, 1.165) is 44.5 Å². The molecule has 0 aromatic carbocycles. The third-order valence-corrected chi connectivity index (χ3v) is 3.51. The maximum absolute atomic E-state index is 11.9. The topological polar surface area (TPSA) is 84.1 Å². The molecule has 1 aromatic heterocycles. The number of nitrogens with two attached hydrogens (primary N) is 1. The molecule has 1 aliphatic heterocycles. The summed E-state index contributed by atoms with van der Waals surface area (Å²) in [7, 11) is 0. The van der Waals surface area contributed by atoms with E-state index < -0.39 is 0 Å². The SMILES string of the molecule is CCCN1CCCC(NC(=O)C=Cc2cnc(N)nc2)C1. The summed E-state index contributed by atoms with van der Waals surface area (Å²) in [6.07, 6.45) is 9.74. The quantitative estimate of drug-likeness (QED) is 0.792. The van der Waals surface area contributed by atoms with Crippen molar-refractivity contribution in [2.24, 2.45) is 0 Å². The van der Waals surface area contributed by atoms with Crippen molar-refractivity contribution in [3.05, 3.63) is 24.0 Å². The number of rotatable bonds is 5. The number of carbonyl (C=O) groups excluding carboxylic acids is 1. The summed E-state index contributed by atoms with van der Waals surface area (Å²) in [5.41, 5.74) is 6.17. The average Bonchev–Trinajstić information content (AvgIpc) is 2.47. The van der Waals surface area contributed by atoms with Gasteiger partial charge in [0.05, 0.1) is 0 Å². The molecule has 2 rings (SSSR count). The molecule has 21 heavy (non-hydrogen) atoms. The van der Waals surface area contributed by atoms with Crippen molar-refractivity contribution in [1.29, 1.82) is 0 Å². The molecule has 1 unspecified atom stereocenters. The molecule has 3 N–H and O–H groups in total. The predicted octanol–water partition coefficient (Wildman–Crippen LogP) is 1.06. The fraction of sp³-hybridized carbons (Fsp3) is 0.533. The zero-order valence-corrected chi connectivity index (χ0v) is 12.5. The van der Waals surface area contributed by atoms with Crippen LogP contribution in [0.2, 0.25) is 0 Å². The summed E-state index contributed by atoms with van der Waals surface area (Å²) in [5, 5.41) is 3.06. The summed E-state index contributed by atoms with van der Waals surface area (Å²) >= 11 is 0. The third kappa shape index (κ3) is 5.15. The zero-order valence-electron chi connectivity index (χ0n) is 12.5. The van der Waals surface area contributed by atoms with Gasteiger partial charge in [0.2, 0.25) is 11.9 Å². The van der Waals surface area contributed by atoms with Crippen LogP contribution < -0.4 is 11.1 Å². The lowest BCUT2D eigenvalue weighted by Gasteiger charge is -2.32. The second-order valence-corrected chi connectivity index (χ2v) is 5.36. The molecule has 0 bridgehead atoms. The van der Waals surface area contributed by atoms with E-state index in [4.69, 9.17) is 5.73 Å². The van der Waals surface area contributed by atoms with Gasteiger partial charge in [0, 0.05) is 36.6 Å². The lowest BCUT2D eigenvalue weighted by atomic mass is 10.1. The molecule has 1 atom stereocenters. The first-order valence-electron chi connectivity index (χ1n) is 7.46. The van der Waals surface area contributed by atoms with E-state index in [9.17, 15) is 4.79 Å². The first-order valence-corrected chi connectivity index (χ1v) is 7.46. The Bertz CT molecular complexity index is 483. The maximum atomic E-state index is 11.9. The number of aromatic nitrogens is 2. The Morgan fingerprint density at radius 2 is 2.29 bits per heavy atom. The van der Waals surface area contributed by atoms with Gasteiger partial charge in [-0.15, -0.1) is 0 Å². The molecule has 1 aliphatic rings. The first kappa shape index (κ1) is 15.4. The molecule has 0 aliphatic carbocycles. The van der Waals surface area contributed by atoms with Crippen molar-refractivity contribution in [3.63, 3.8) is 0 Å². The molecule has 1 fully saturated rings. The lowest BCUT2D eigenvalue weighted by Crippen LogP contribution is -2.47. The minimum atomic E-state index is -0.0739. The number of anilines is 1. The zero-order chi connectivity index (χ0) is 15.1. The number of nitrogens with zero attached hydrogens (tertiary/aromatic N) is 3. The van der Waals surface area contributed by atoms with E-state index >= 15 is 0 Å². The van der Waals surface area contributed by atoms with Gasteiger partial charge in [-0.3, -0.25) is 4.79 Å². The van der Waals surface area contributed by atoms with Gasteiger partial charge in [0.1, 0.15) is 0 Å². The van der Waals surface area contributed by atoms with Crippen molar-refractivity contribution in [3.8, 4) is 0 Å². The molecule has 6 heteroatoms. The number of hydrogen-bond donors (Lipinski definition) is 2. The smallest absolute Gasteiger partial charge is 0.244 e. The van der Waals surface area contributed by atoms with Gasteiger partial charge in [-0.25, -0.2) is 9.97 Å². The summed E-state index contributed by atoms with van der Waals surface area (Å²) < 4.78 is 0. The highest BCUT2D eigenvalue weighted by Gasteiger charge is 2.19. The van der Waals surface area contributed by atoms with Gasteiger partial charge in [-0.2, -0.15) is 0 Å². The van der Waals surface area contributed by atoms with Gasteiger partial charge in [-0.1, -0.05) is 6.92 Å². The number of nitrogen functional groups attached to an aromatic ring is 1. The molecule has 1 amide bonds. The van der Waals surface area contributed by atoms with Crippen LogP contribution in [-0.2, 0) is 4.79 Å². The van der Waals surface area contributed by atoms with E-state index in [1.165, 1.54) is 6.08 Å². The first-order chi connectivity index (χ1) is 10.2. The Kier molecular flexibility index (Phi) is 5.68. The predicted molar refractivity (Wildman–Crippen MR) is 83.4 cm³/mol. The van der Waals surface area contributed by atoms with E-state index in [1.807, 2.05) is 0 Å². The van der Waals surface area contributed by atoms with Gasteiger partial charge in [0.15, 0.2) is 0 Å². The molecule has 1 aromatic rings. The number of piperidine rings is 1. The van der Waals surface area contributed by atoms with Gasteiger partial charge in [-0.05, 0) is 38.4 Å². The molecule has 0 saturated carbocycles. The third-order valence-electron chi connectivity index (χ3n) is 3.51. The van der Waals surface area contributed by atoms with Crippen LogP contribution in [0.15, 0.2) is 18.5 Å². The largest absolute Gasteiger partial charge is 0.368 e. The number of amides is 1. The van der Waals surface area contributed by atoms with E-state index in [2.05, 4.69) is 27.1 Å². The minimum Gasteiger partial charge on any atom is -0.368 e. The van der Waals surface area contributed by atoms with Crippen LogP contribution in [0.25, 0.3) is 6.08 Å². The second-order valence-electron chi connectivity index (χ2n) is 5.36. The van der Waals surface area contributed by atoms with Crippen molar-refractivity contribution in [2.75, 3.05) is 25.4 Å². The van der Waals surface area contributed by atoms with E-state index in [1.54, 1.807) is 18.5 Å². The summed E-state index contributed by atoms with van der Waals surface area (Å²) in [5.74, 6) is 0.157. The Balaban J connectivity index is 1.82. The molecule has 1 saturated heterocycles. The highest BCUT2D eigenvalue weighted by Crippen LogP contribution is 2.10. The van der Waals surface area contributed by atoms with Crippen LogP contribution in [0.5, 0.6) is 0 Å². The Morgan fingerprint density at radius 1 is 1.52 bits per heavy atom. The van der Waals surface area contributed by atoms with Gasteiger partial charge >= 0.3 is 0 Å². The normalized spacial score (nSPS) is 19.8. The molecule has 114 valence electrons. The van der Waals surface area contributed by atoms with Gasteiger partial charge < -0.3 is 16.0 Å². The monoisotopic (exact) mass is 289 g/mol.